The van der Waals surface area contributed by atoms with Gasteiger partial charge in [-0.15, -0.1) is 10.2 Å². The minimum absolute atomic E-state index is 0.256. The predicted octanol–water partition coefficient (Wildman–Crippen LogP) is 2.74. The number of aromatic nitrogens is 3. The Morgan fingerprint density at radius 1 is 1.04 bits per heavy atom. The van der Waals surface area contributed by atoms with E-state index in [1.54, 1.807) is 55.9 Å². The molecule has 0 fully saturated rings. The molecule has 0 radical (unpaired) electrons. The summed E-state index contributed by atoms with van der Waals surface area (Å²) in [5.74, 6) is 1.44. The number of amides is 1. The zero-order chi connectivity index (χ0) is 17.5. The number of benzene rings is 1. The third-order valence-corrected chi connectivity index (χ3v) is 3.45. The number of hydrogen-bond donors (Lipinski definition) is 2. The number of ether oxygens (including phenoxy) is 1. The fraction of sp³-hybridized carbons (Fsp3) is 0.111. The molecule has 0 atom stereocenters. The van der Waals surface area contributed by atoms with Crippen LogP contribution in [0.5, 0.6) is 5.75 Å². The Morgan fingerprint density at radius 2 is 1.80 bits per heavy atom. The number of carbonyl (C=O) groups excluding carboxylic acids is 1. The molecule has 0 unspecified atom stereocenters. The van der Waals surface area contributed by atoms with Gasteiger partial charge in [-0.25, -0.2) is 0 Å². The Morgan fingerprint density at radius 3 is 2.44 bits per heavy atom. The first-order chi connectivity index (χ1) is 12.2. The van der Waals surface area contributed by atoms with Gasteiger partial charge in [0.15, 0.2) is 5.82 Å². The number of nitrogens with one attached hydrogen (secondary N) is 2. The summed E-state index contributed by atoms with van der Waals surface area (Å²) >= 11 is 0. The zero-order valence-corrected chi connectivity index (χ0v) is 13.6. The van der Waals surface area contributed by atoms with Crippen LogP contribution in [0.1, 0.15) is 15.9 Å². The minimum Gasteiger partial charge on any atom is -0.497 e. The Bertz CT molecular complexity index is 820. The number of nitrogens with zero attached hydrogens (tertiary/aromatic N) is 3. The lowest BCUT2D eigenvalue weighted by Crippen LogP contribution is -2.13. The molecule has 0 aliphatic rings. The molecule has 3 rings (SSSR count). The average Bonchev–Trinajstić information content (AvgIpc) is 2.68. The minimum atomic E-state index is -0.256. The summed E-state index contributed by atoms with van der Waals surface area (Å²) in [4.78, 5) is 16.2. The highest BCUT2D eigenvalue weighted by atomic mass is 16.5. The predicted molar refractivity (Wildman–Crippen MR) is 94.5 cm³/mol. The summed E-state index contributed by atoms with van der Waals surface area (Å²) in [7, 11) is 1.58. The van der Waals surface area contributed by atoms with Crippen LogP contribution >= 0.6 is 0 Å². The van der Waals surface area contributed by atoms with E-state index in [9.17, 15) is 4.79 Å². The van der Waals surface area contributed by atoms with Crippen molar-refractivity contribution >= 4 is 17.5 Å². The molecule has 3 aromatic rings. The summed E-state index contributed by atoms with van der Waals surface area (Å²) < 4.78 is 5.07. The van der Waals surface area contributed by atoms with Crippen LogP contribution in [-0.2, 0) is 6.54 Å². The Hall–Kier alpha value is -3.48. The molecule has 2 aromatic heterocycles. The Labute approximate surface area is 145 Å². The van der Waals surface area contributed by atoms with Gasteiger partial charge in [-0.3, -0.25) is 9.78 Å². The second-order valence-electron chi connectivity index (χ2n) is 5.20. The van der Waals surface area contributed by atoms with E-state index in [4.69, 9.17) is 4.74 Å². The van der Waals surface area contributed by atoms with Gasteiger partial charge < -0.3 is 15.4 Å². The number of rotatable bonds is 6. The van der Waals surface area contributed by atoms with E-state index < -0.39 is 0 Å². The van der Waals surface area contributed by atoms with Crippen LogP contribution in [0.3, 0.4) is 0 Å². The Kier molecular flexibility index (Phi) is 5.16. The molecular weight excluding hydrogens is 318 g/mol. The topological polar surface area (TPSA) is 89.0 Å². The van der Waals surface area contributed by atoms with Crippen molar-refractivity contribution in [1.82, 2.24) is 15.2 Å². The SMILES string of the molecule is COc1ccc(C(=O)Nc2ccc(NCc3cccnc3)nn2)cc1. The maximum absolute atomic E-state index is 12.2. The lowest BCUT2D eigenvalue weighted by atomic mass is 10.2. The summed E-state index contributed by atoms with van der Waals surface area (Å²) in [6.07, 6.45) is 3.51. The van der Waals surface area contributed by atoms with Crippen molar-refractivity contribution in [3.05, 3.63) is 72.1 Å². The van der Waals surface area contributed by atoms with Gasteiger partial charge in [0.25, 0.3) is 5.91 Å². The molecule has 0 bridgehead atoms. The van der Waals surface area contributed by atoms with E-state index in [-0.39, 0.29) is 5.91 Å². The molecule has 0 aliphatic carbocycles. The van der Waals surface area contributed by atoms with E-state index >= 15 is 0 Å². The summed E-state index contributed by atoms with van der Waals surface area (Å²) in [5, 5.41) is 13.9. The van der Waals surface area contributed by atoms with Gasteiger partial charge in [0.05, 0.1) is 7.11 Å². The standard InChI is InChI=1S/C18H17N5O2/c1-25-15-6-4-14(5-7-15)18(24)21-17-9-8-16(22-23-17)20-12-13-3-2-10-19-11-13/h2-11H,12H2,1H3,(H,20,22)(H,21,23,24). The number of hydrogen-bond acceptors (Lipinski definition) is 6. The van der Waals surface area contributed by atoms with Gasteiger partial charge >= 0.3 is 0 Å². The largest absolute Gasteiger partial charge is 0.497 e. The molecule has 1 amide bonds. The average molecular weight is 335 g/mol. The molecule has 7 nitrogen and oxygen atoms in total. The smallest absolute Gasteiger partial charge is 0.256 e. The van der Waals surface area contributed by atoms with Crippen molar-refractivity contribution in [3.63, 3.8) is 0 Å². The summed E-state index contributed by atoms with van der Waals surface area (Å²) in [6, 6.07) is 14.1. The first-order valence-corrected chi connectivity index (χ1v) is 7.66. The molecule has 0 spiro atoms. The van der Waals surface area contributed by atoms with Gasteiger partial charge in [0.2, 0.25) is 0 Å². The van der Waals surface area contributed by atoms with E-state index in [1.165, 1.54) is 0 Å². The normalized spacial score (nSPS) is 10.1. The molecule has 1 aromatic carbocycles. The van der Waals surface area contributed by atoms with E-state index in [0.717, 1.165) is 5.56 Å². The van der Waals surface area contributed by atoms with E-state index in [0.29, 0.717) is 29.5 Å². The summed E-state index contributed by atoms with van der Waals surface area (Å²) in [5.41, 5.74) is 1.56. The third-order valence-electron chi connectivity index (χ3n) is 3.45. The first-order valence-electron chi connectivity index (χ1n) is 7.66. The lowest BCUT2D eigenvalue weighted by molar-refractivity contribution is 0.102. The molecule has 0 saturated carbocycles. The van der Waals surface area contributed by atoms with Crippen molar-refractivity contribution in [1.29, 1.82) is 0 Å². The molecule has 2 N–H and O–H groups in total. The van der Waals surface area contributed by atoms with Crippen LogP contribution in [0.2, 0.25) is 0 Å². The number of pyridine rings is 1. The van der Waals surface area contributed by atoms with Crippen LogP contribution in [0.15, 0.2) is 60.9 Å². The van der Waals surface area contributed by atoms with Gasteiger partial charge in [-0.1, -0.05) is 6.07 Å². The van der Waals surface area contributed by atoms with Crippen LogP contribution in [-0.4, -0.2) is 28.2 Å². The van der Waals surface area contributed by atoms with Crippen LogP contribution in [0.25, 0.3) is 0 Å². The van der Waals surface area contributed by atoms with Crippen molar-refractivity contribution in [2.45, 2.75) is 6.54 Å². The highest BCUT2D eigenvalue weighted by molar-refractivity contribution is 6.03. The second kappa shape index (κ2) is 7.87. The molecule has 25 heavy (non-hydrogen) atoms. The number of methoxy groups -OCH3 is 1. The van der Waals surface area contributed by atoms with Crippen molar-refractivity contribution in [3.8, 4) is 5.75 Å². The first kappa shape index (κ1) is 16.4. The van der Waals surface area contributed by atoms with Gasteiger partial charge in [0, 0.05) is 24.5 Å². The van der Waals surface area contributed by atoms with Crippen molar-refractivity contribution in [2.24, 2.45) is 0 Å². The summed E-state index contributed by atoms with van der Waals surface area (Å²) in [6.45, 7) is 0.597. The van der Waals surface area contributed by atoms with E-state index in [2.05, 4.69) is 25.8 Å². The van der Waals surface area contributed by atoms with Crippen molar-refractivity contribution in [2.75, 3.05) is 17.7 Å². The molecule has 126 valence electrons. The maximum Gasteiger partial charge on any atom is 0.256 e. The molecule has 0 aliphatic heterocycles. The fourth-order valence-corrected chi connectivity index (χ4v) is 2.12. The maximum atomic E-state index is 12.2. The van der Waals surface area contributed by atoms with E-state index in [1.807, 2.05) is 12.1 Å². The third kappa shape index (κ3) is 4.51. The fourth-order valence-electron chi connectivity index (χ4n) is 2.12. The number of anilines is 2. The van der Waals surface area contributed by atoms with Gasteiger partial charge in [-0.05, 0) is 48.0 Å². The number of carbonyl (C=O) groups is 1. The molecular formula is C18H17N5O2. The van der Waals surface area contributed by atoms with Crippen molar-refractivity contribution < 1.29 is 9.53 Å². The Balaban J connectivity index is 1.57. The molecule has 7 heteroatoms. The monoisotopic (exact) mass is 335 g/mol. The second-order valence-corrected chi connectivity index (χ2v) is 5.20. The van der Waals surface area contributed by atoms with Crippen LogP contribution < -0.4 is 15.4 Å². The molecule has 0 saturated heterocycles. The van der Waals surface area contributed by atoms with Gasteiger partial charge in [0.1, 0.15) is 11.6 Å². The highest BCUT2D eigenvalue weighted by Gasteiger charge is 2.07. The van der Waals surface area contributed by atoms with Gasteiger partial charge in [-0.2, -0.15) is 0 Å². The highest BCUT2D eigenvalue weighted by Crippen LogP contribution is 2.13. The molecule has 2 heterocycles. The lowest BCUT2D eigenvalue weighted by Gasteiger charge is -2.07. The zero-order valence-electron chi connectivity index (χ0n) is 13.6. The quantitative estimate of drug-likeness (QED) is 0.720. The van der Waals surface area contributed by atoms with Crippen LogP contribution in [0.4, 0.5) is 11.6 Å². The van der Waals surface area contributed by atoms with Crippen LogP contribution in [0, 0.1) is 0 Å².